The van der Waals surface area contributed by atoms with Crippen molar-refractivity contribution < 1.29 is 19.1 Å². The molecule has 0 aliphatic carbocycles. The molecule has 1 heterocycles. The van der Waals surface area contributed by atoms with Crippen LogP contribution in [0.4, 0.5) is 4.79 Å². The van der Waals surface area contributed by atoms with Crippen molar-refractivity contribution in [2.24, 2.45) is 5.92 Å². The summed E-state index contributed by atoms with van der Waals surface area (Å²) in [5, 5.41) is 2.54. The molecule has 0 aromatic carbocycles. The predicted molar refractivity (Wildman–Crippen MR) is 55.5 cm³/mol. The first-order chi connectivity index (χ1) is 7.45. The fraction of sp³-hybridized carbons (Fsp3) is 0.700. The second-order valence-electron chi connectivity index (χ2n) is 4.13. The highest BCUT2D eigenvalue weighted by molar-refractivity contribution is 6.06. The summed E-state index contributed by atoms with van der Waals surface area (Å²) in [6.45, 7) is 3.60. The lowest BCUT2D eigenvalue weighted by molar-refractivity contribution is -0.144. The summed E-state index contributed by atoms with van der Waals surface area (Å²) in [6.07, 6.45) is 0.572. The summed E-state index contributed by atoms with van der Waals surface area (Å²) in [6, 6.07) is -1.04. The second-order valence-corrected chi connectivity index (χ2v) is 4.13. The Labute approximate surface area is 93.9 Å². The van der Waals surface area contributed by atoms with Gasteiger partial charge < -0.3 is 10.1 Å². The monoisotopic (exact) mass is 228 g/mol. The molecule has 0 aromatic rings. The van der Waals surface area contributed by atoms with Crippen LogP contribution >= 0.6 is 0 Å². The average molecular weight is 228 g/mol. The van der Waals surface area contributed by atoms with E-state index in [-0.39, 0.29) is 12.5 Å². The minimum absolute atomic E-state index is 0.298. The fourth-order valence-electron chi connectivity index (χ4n) is 1.55. The van der Waals surface area contributed by atoms with Gasteiger partial charge in [-0.25, -0.2) is 4.79 Å². The number of hydrogen-bond donors (Lipinski definition) is 1. The van der Waals surface area contributed by atoms with E-state index in [0.29, 0.717) is 12.3 Å². The molecule has 1 saturated heterocycles. The summed E-state index contributed by atoms with van der Waals surface area (Å²) in [5.74, 6) is -0.662. The average Bonchev–Trinajstić information content (AvgIpc) is 2.45. The smallest absolute Gasteiger partial charge is 0.325 e. The number of ether oxygens (including phenoxy) is 1. The zero-order chi connectivity index (χ0) is 12.3. The Morgan fingerprint density at radius 1 is 1.50 bits per heavy atom. The molecule has 0 saturated carbocycles. The Morgan fingerprint density at radius 2 is 2.12 bits per heavy atom. The summed E-state index contributed by atoms with van der Waals surface area (Å²) in [7, 11) is 1.21. The van der Waals surface area contributed by atoms with Crippen LogP contribution in [0.5, 0.6) is 0 Å². The van der Waals surface area contributed by atoms with E-state index in [0.717, 1.165) is 4.90 Å². The number of carbonyl (C=O) groups is 3. The number of amides is 3. The standard InChI is InChI=1S/C10H16N2O4/c1-6(2)4-7-9(14)12(10(15)11-7)5-8(13)16-3/h6-7H,4-5H2,1-3H3,(H,11,15)/t7-/m0/s1. The van der Waals surface area contributed by atoms with Gasteiger partial charge in [0.1, 0.15) is 12.6 Å². The number of methoxy groups -OCH3 is 1. The van der Waals surface area contributed by atoms with Crippen LogP contribution in [-0.2, 0) is 14.3 Å². The summed E-state index contributed by atoms with van der Waals surface area (Å²) in [5.41, 5.74) is 0. The van der Waals surface area contributed by atoms with Gasteiger partial charge in [-0.1, -0.05) is 13.8 Å². The number of nitrogens with one attached hydrogen (secondary N) is 1. The molecule has 0 bridgehead atoms. The molecule has 6 nitrogen and oxygen atoms in total. The molecule has 0 unspecified atom stereocenters. The van der Waals surface area contributed by atoms with Gasteiger partial charge in [-0.05, 0) is 12.3 Å². The highest BCUT2D eigenvalue weighted by atomic mass is 16.5. The molecule has 1 atom stereocenters. The quantitative estimate of drug-likeness (QED) is 0.548. The van der Waals surface area contributed by atoms with Gasteiger partial charge in [-0.3, -0.25) is 14.5 Å². The van der Waals surface area contributed by atoms with Gasteiger partial charge in [-0.15, -0.1) is 0 Å². The van der Waals surface area contributed by atoms with Gasteiger partial charge in [0.15, 0.2) is 0 Å². The maximum absolute atomic E-state index is 11.7. The van der Waals surface area contributed by atoms with Crippen molar-refractivity contribution in [2.45, 2.75) is 26.3 Å². The summed E-state index contributed by atoms with van der Waals surface area (Å²) < 4.78 is 4.41. The van der Waals surface area contributed by atoms with Crippen LogP contribution in [0, 0.1) is 5.92 Å². The largest absolute Gasteiger partial charge is 0.468 e. The van der Waals surface area contributed by atoms with Crippen LogP contribution in [0.15, 0.2) is 0 Å². The molecular weight excluding hydrogens is 212 g/mol. The van der Waals surface area contributed by atoms with Crippen LogP contribution in [0.3, 0.4) is 0 Å². The highest BCUT2D eigenvalue weighted by Crippen LogP contribution is 2.13. The third-order valence-electron chi connectivity index (χ3n) is 2.33. The highest BCUT2D eigenvalue weighted by Gasteiger charge is 2.39. The van der Waals surface area contributed by atoms with E-state index in [9.17, 15) is 14.4 Å². The molecule has 6 heteroatoms. The zero-order valence-corrected chi connectivity index (χ0v) is 9.65. The van der Waals surface area contributed by atoms with E-state index in [1.807, 2.05) is 13.8 Å². The normalized spacial score (nSPS) is 20.2. The zero-order valence-electron chi connectivity index (χ0n) is 9.65. The van der Waals surface area contributed by atoms with Crippen LogP contribution in [-0.4, -0.2) is 42.5 Å². The molecule has 1 fully saturated rings. The molecular formula is C10H16N2O4. The minimum Gasteiger partial charge on any atom is -0.468 e. The first kappa shape index (κ1) is 12.5. The molecule has 16 heavy (non-hydrogen) atoms. The summed E-state index contributed by atoms with van der Waals surface area (Å²) >= 11 is 0. The lowest BCUT2D eigenvalue weighted by Gasteiger charge is -2.12. The first-order valence-corrected chi connectivity index (χ1v) is 5.14. The Hall–Kier alpha value is -1.59. The second kappa shape index (κ2) is 4.96. The molecule has 1 aliphatic heterocycles. The van der Waals surface area contributed by atoms with Crippen molar-refractivity contribution in [3.63, 3.8) is 0 Å². The van der Waals surface area contributed by atoms with E-state index >= 15 is 0 Å². The van der Waals surface area contributed by atoms with E-state index in [1.165, 1.54) is 7.11 Å². The van der Waals surface area contributed by atoms with Gasteiger partial charge in [0.2, 0.25) is 0 Å². The topological polar surface area (TPSA) is 75.7 Å². The van der Waals surface area contributed by atoms with Crippen molar-refractivity contribution in [3.05, 3.63) is 0 Å². The Morgan fingerprint density at radius 3 is 2.62 bits per heavy atom. The Balaban J connectivity index is 2.64. The Bertz CT molecular complexity index is 314. The van der Waals surface area contributed by atoms with Gasteiger partial charge in [0, 0.05) is 0 Å². The number of rotatable bonds is 4. The van der Waals surface area contributed by atoms with Crippen molar-refractivity contribution in [1.29, 1.82) is 0 Å². The van der Waals surface area contributed by atoms with Crippen molar-refractivity contribution in [3.8, 4) is 0 Å². The molecule has 1 N–H and O–H groups in total. The maximum Gasteiger partial charge on any atom is 0.325 e. The molecule has 3 amide bonds. The number of imide groups is 1. The lowest BCUT2D eigenvalue weighted by atomic mass is 10.0. The maximum atomic E-state index is 11.7. The third-order valence-corrected chi connectivity index (χ3v) is 2.33. The minimum atomic E-state index is -0.603. The predicted octanol–water partition coefficient (Wildman–Crippen LogP) is 0.126. The van der Waals surface area contributed by atoms with E-state index in [4.69, 9.17) is 0 Å². The number of esters is 1. The van der Waals surface area contributed by atoms with E-state index in [2.05, 4.69) is 10.1 Å². The van der Waals surface area contributed by atoms with Crippen LogP contribution in [0.1, 0.15) is 20.3 Å². The van der Waals surface area contributed by atoms with Crippen LogP contribution in [0.2, 0.25) is 0 Å². The Kier molecular flexibility index (Phi) is 3.87. The van der Waals surface area contributed by atoms with Gasteiger partial charge in [0.25, 0.3) is 5.91 Å². The van der Waals surface area contributed by atoms with E-state index < -0.39 is 18.0 Å². The number of carbonyl (C=O) groups excluding carboxylic acids is 3. The van der Waals surface area contributed by atoms with Crippen molar-refractivity contribution in [2.75, 3.05) is 13.7 Å². The van der Waals surface area contributed by atoms with E-state index in [1.54, 1.807) is 0 Å². The number of nitrogens with zero attached hydrogens (tertiary/aromatic N) is 1. The molecule has 0 spiro atoms. The molecule has 1 rings (SSSR count). The van der Waals surface area contributed by atoms with Gasteiger partial charge >= 0.3 is 12.0 Å². The third kappa shape index (κ3) is 2.71. The fourth-order valence-corrected chi connectivity index (χ4v) is 1.55. The van der Waals surface area contributed by atoms with Gasteiger partial charge in [0.05, 0.1) is 7.11 Å². The molecule has 1 aliphatic rings. The van der Waals surface area contributed by atoms with Crippen LogP contribution in [0.25, 0.3) is 0 Å². The number of hydrogen-bond acceptors (Lipinski definition) is 4. The molecule has 0 aromatic heterocycles. The molecule has 0 radical (unpaired) electrons. The lowest BCUT2D eigenvalue weighted by Crippen LogP contribution is -2.36. The van der Waals surface area contributed by atoms with Crippen LogP contribution < -0.4 is 5.32 Å². The van der Waals surface area contributed by atoms with Crippen molar-refractivity contribution in [1.82, 2.24) is 10.2 Å². The SMILES string of the molecule is COC(=O)CN1C(=O)N[C@@H](CC(C)C)C1=O. The van der Waals surface area contributed by atoms with Crippen molar-refractivity contribution >= 4 is 17.9 Å². The first-order valence-electron chi connectivity index (χ1n) is 5.14. The molecule has 90 valence electrons. The number of urea groups is 1. The van der Waals surface area contributed by atoms with Gasteiger partial charge in [-0.2, -0.15) is 0 Å². The summed E-state index contributed by atoms with van der Waals surface area (Å²) in [4.78, 5) is 35.0.